The van der Waals surface area contributed by atoms with Crippen LogP contribution < -0.4 is 11.1 Å². The van der Waals surface area contributed by atoms with Gasteiger partial charge in [-0.15, -0.1) is 0 Å². The maximum absolute atomic E-state index is 11.8. The third-order valence-corrected chi connectivity index (χ3v) is 3.26. The number of carboxylic acid groups (broad SMARTS) is 1. The first-order valence-corrected chi connectivity index (χ1v) is 6.82. The quantitative estimate of drug-likeness (QED) is 0.667. The largest absolute Gasteiger partial charge is 0.480 e. The van der Waals surface area contributed by atoms with Gasteiger partial charge in [-0.05, 0) is 24.5 Å². The number of carbonyl (C=O) groups is 3. The van der Waals surface area contributed by atoms with E-state index < -0.39 is 23.8 Å². The normalized spacial score (nSPS) is 11.7. The molecule has 1 aromatic rings. The zero-order valence-electron chi connectivity index (χ0n) is 11.3. The summed E-state index contributed by atoms with van der Waals surface area (Å²) in [5.74, 6) is -2.21. The van der Waals surface area contributed by atoms with Gasteiger partial charge >= 0.3 is 5.97 Å². The van der Waals surface area contributed by atoms with Crippen LogP contribution in [-0.2, 0) is 20.8 Å². The maximum Gasteiger partial charge on any atom is 0.326 e. The van der Waals surface area contributed by atoms with Gasteiger partial charge in [0.25, 0.3) is 0 Å². The van der Waals surface area contributed by atoms with Crippen molar-refractivity contribution in [1.29, 1.82) is 0 Å². The van der Waals surface area contributed by atoms with Crippen LogP contribution in [0.4, 0.5) is 0 Å². The van der Waals surface area contributed by atoms with Gasteiger partial charge in [0.1, 0.15) is 6.04 Å². The van der Waals surface area contributed by atoms with E-state index in [2.05, 4.69) is 5.32 Å². The smallest absolute Gasteiger partial charge is 0.326 e. The second-order valence-electron chi connectivity index (χ2n) is 4.55. The molecule has 114 valence electrons. The zero-order chi connectivity index (χ0) is 15.8. The van der Waals surface area contributed by atoms with Gasteiger partial charge in [0.2, 0.25) is 11.8 Å². The molecule has 1 aromatic carbocycles. The van der Waals surface area contributed by atoms with Crippen molar-refractivity contribution < 1.29 is 19.5 Å². The predicted octanol–water partition coefficient (Wildman–Crippen LogP) is 1.11. The Morgan fingerprint density at radius 2 is 1.90 bits per heavy atom. The second-order valence-corrected chi connectivity index (χ2v) is 4.96. The maximum atomic E-state index is 11.8. The third-order valence-electron chi connectivity index (χ3n) is 2.89. The fourth-order valence-corrected chi connectivity index (χ4v) is 1.99. The number of benzene rings is 1. The standard InChI is InChI=1S/C14H17ClN2O4/c15-10-4-2-1-3-9(10)5-8-13(19)17-11(14(20)21)6-7-12(16)18/h1-4,11H,5-8H2,(H2,16,18)(H,17,19)(H,20,21)/t11-/m1/s1. The van der Waals surface area contributed by atoms with Gasteiger partial charge in [0, 0.05) is 17.9 Å². The molecule has 0 saturated carbocycles. The summed E-state index contributed by atoms with van der Waals surface area (Å²) < 4.78 is 0. The summed E-state index contributed by atoms with van der Waals surface area (Å²) >= 11 is 5.97. The lowest BCUT2D eigenvalue weighted by atomic mass is 10.1. The number of halogens is 1. The molecular weight excluding hydrogens is 296 g/mol. The van der Waals surface area contributed by atoms with Crippen molar-refractivity contribution >= 4 is 29.4 Å². The minimum atomic E-state index is -1.19. The first-order valence-electron chi connectivity index (χ1n) is 6.44. The summed E-state index contributed by atoms with van der Waals surface area (Å²) in [6.07, 6.45) is 0.405. The Labute approximate surface area is 127 Å². The van der Waals surface area contributed by atoms with E-state index in [4.69, 9.17) is 22.4 Å². The van der Waals surface area contributed by atoms with E-state index in [0.29, 0.717) is 11.4 Å². The number of aliphatic carboxylic acids is 1. The van der Waals surface area contributed by atoms with E-state index in [1.807, 2.05) is 6.07 Å². The molecule has 0 aliphatic carbocycles. The van der Waals surface area contributed by atoms with Crippen LogP contribution in [0.15, 0.2) is 24.3 Å². The lowest BCUT2D eigenvalue weighted by Crippen LogP contribution is -2.41. The lowest BCUT2D eigenvalue weighted by Gasteiger charge is -2.13. The van der Waals surface area contributed by atoms with Crippen LogP contribution in [0.3, 0.4) is 0 Å². The van der Waals surface area contributed by atoms with E-state index in [1.54, 1.807) is 18.2 Å². The fourth-order valence-electron chi connectivity index (χ4n) is 1.76. The number of hydrogen-bond donors (Lipinski definition) is 3. The average molecular weight is 313 g/mol. The number of nitrogens with two attached hydrogens (primary N) is 1. The Bertz CT molecular complexity index is 533. The molecule has 0 saturated heterocycles. The monoisotopic (exact) mass is 312 g/mol. The summed E-state index contributed by atoms with van der Waals surface area (Å²) in [4.78, 5) is 33.4. The molecule has 1 atom stereocenters. The molecule has 7 heteroatoms. The molecule has 1 rings (SSSR count). The molecular formula is C14H17ClN2O4. The highest BCUT2D eigenvalue weighted by atomic mass is 35.5. The van der Waals surface area contributed by atoms with E-state index in [1.165, 1.54) is 0 Å². The molecule has 2 amide bonds. The van der Waals surface area contributed by atoms with Crippen molar-refractivity contribution in [2.45, 2.75) is 31.7 Å². The second kappa shape index (κ2) is 8.26. The van der Waals surface area contributed by atoms with Crippen molar-refractivity contribution in [2.75, 3.05) is 0 Å². The van der Waals surface area contributed by atoms with Crippen LogP contribution in [0, 0.1) is 0 Å². The van der Waals surface area contributed by atoms with Crippen LogP contribution in [0.1, 0.15) is 24.8 Å². The minimum Gasteiger partial charge on any atom is -0.480 e. The van der Waals surface area contributed by atoms with Gasteiger partial charge in [0.15, 0.2) is 0 Å². The molecule has 0 aliphatic heterocycles. The molecule has 0 unspecified atom stereocenters. The molecule has 0 radical (unpaired) electrons. The number of primary amides is 1. The number of carboxylic acids is 1. The first-order chi connectivity index (χ1) is 9.90. The number of rotatable bonds is 8. The van der Waals surface area contributed by atoms with Crippen LogP contribution in [0.5, 0.6) is 0 Å². The highest BCUT2D eigenvalue weighted by Crippen LogP contribution is 2.16. The predicted molar refractivity (Wildman–Crippen MR) is 77.8 cm³/mol. The Kier molecular flexibility index (Phi) is 6.68. The van der Waals surface area contributed by atoms with Crippen molar-refractivity contribution in [2.24, 2.45) is 5.73 Å². The van der Waals surface area contributed by atoms with E-state index in [9.17, 15) is 14.4 Å². The van der Waals surface area contributed by atoms with Gasteiger partial charge in [0.05, 0.1) is 0 Å². The van der Waals surface area contributed by atoms with Crippen LogP contribution >= 0.6 is 11.6 Å². The minimum absolute atomic E-state index is 0.0253. The van der Waals surface area contributed by atoms with Gasteiger partial charge < -0.3 is 16.2 Å². The SMILES string of the molecule is NC(=O)CC[C@@H](NC(=O)CCc1ccccc1Cl)C(=O)O. The molecule has 4 N–H and O–H groups in total. The van der Waals surface area contributed by atoms with Crippen molar-refractivity contribution in [1.82, 2.24) is 5.32 Å². The number of amides is 2. The number of nitrogens with one attached hydrogen (secondary N) is 1. The molecule has 0 spiro atoms. The molecule has 0 aliphatic rings. The summed E-state index contributed by atoms with van der Waals surface area (Å²) in [7, 11) is 0. The van der Waals surface area contributed by atoms with Gasteiger partial charge in [-0.1, -0.05) is 29.8 Å². The summed E-state index contributed by atoms with van der Waals surface area (Å²) in [5.41, 5.74) is 5.78. The lowest BCUT2D eigenvalue weighted by molar-refractivity contribution is -0.142. The third kappa shape index (κ3) is 6.27. The number of carbonyl (C=O) groups excluding carboxylic acids is 2. The van der Waals surface area contributed by atoms with E-state index in [-0.39, 0.29) is 19.3 Å². The number of aryl methyl sites for hydroxylation is 1. The Morgan fingerprint density at radius 3 is 2.48 bits per heavy atom. The Hall–Kier alpha value is -2.08. The summed E-state index contributed by atoms with van der Waals surface area (Å²) in [6.45, 7) is 0. The van der Waals surface area contributed by atoms with Crippen molar-refractivity contribution in [3.05, 3.63) is 34.9 Å². The van der Waals surface area contributed by atoms with Crippen molar-refractivity contribution in [3.8, 4) is 0 Å². The first kappa shape index (κ1) is 17.0. The van der Waals surface area contributed by atoms with Gasteiger partial charge in [-0.2, -0.15) is 0 Å². The van der Waals surface area contributed by atoms with Crippen LogP contribution in [-0.4, -0.2) is 28.9 Å². The van der Waals surface area contributed by atoms with Gasteiger partial charge in [-0.3, -0.25) is 9.59 Å². The molecule has 0 bridgehead atoms. The van der Waals surface area contributed by atoms with E-state index in [0.717, 1.165) is 5.56 Å². The number of hydrogen-bond acceptors (Lipinski definition) is 3. The Balaban J connectivity index is 2.49. The summed E-state index contributed by atoms with van der Waals surface area (Å²) in [5, 5.41) is 11.9. The fraction of sp³-hybridized carbons (Fsp3) is 0.357. The van der Waals surface area contributed by atoms with Gasteiger partial charge in [-0.25, -0.2) is 4.79 Å². The van der Waals surface area contributed by atoms with Crippen LogP contribution in [0.2, 0.25) is 5.02 Å². The zero-order valence-corrected chi connectivity index (χ0v) is 12.1. The average Bonchev–Trinajstić information content (AvgIpc) is 2.42. The molecule has 0 aromatic heterocycles. The molecule has 0 heterocycles. The van der Waals surface area contributed by atoms with Crippen LogP contribution in [0.25, 0.3) is 0 Å². The summed E-state index contributed by atoms with van der Waals surface area (Å²) in [6, 6.07) is 6.01. The van der Waals surface area contributed by atoms with Crippen molar-refractivity contribution in [3.63, 3.8) is 0 Å². The molecule has 21 heavy (non-hydrogen) atoms. The highest BCUT2D eigenvalue weighted by Gasteiger charge is 2.20. The molecule has 6 nitrogen and oxygen atoms in total. The topological polar surface area (TPSA) is 109 Å². The Morgan fingerprint density at radius 1 is 1.24 bits per heavy atom. The molecule has 0 fully saturated rings. The van der Waals surface area contributed by atoms with E-state index >= 15 is 0 Å². The highest BCUT2D eigenvalue weighted by molar-refractivity contribution is 6.31.